The van der Waals surface area contributed by atoms with Gasteiger partial charge in [0.25, 0.3) is 0 Å². The van der Waals surface area contributed by atoms with Crippen LogP contribution in [0.5, 0.6) is 5.75 Å². The lowest BCUT2D eigenvalue weighted by Gasteiger charge is -2.13. The van der Waals surface area contributed by atoms with Crippen molar-refractivity contribution in [1.82, 2.24) is 0 Å². The summed E-state index contributed by atoms with van der Waals surface area (Å²) in [5.41, 5.74) is 0.444. The molecule has 0 saturated heterocycles. The molecule has 0 spiro atoms. The molecule has 1 N–H and O–H groups in total. The molecule has 0 aliphatic carbocycles. The number of ether oxygens (including phenoxy) is 1. The molecule has 0 aliphatic heterocycles. The van der Waals surface area contributed by atoms with Gasteiger partial charge in [-0.1, -0.05) is 12.1 Å². The van der Waals surface area contributed by atoms with Gasteiger partial charge in [-0.2, -0.15) is 8.78 Å². The second kappa shape index (κ2) is 5.38. The van der Waals surface area contributed by atoms with Crippen LogP contribution in [0.3, 0.4) is 0 Å². The molecule has 0 unspecified atom stereocenters. The van der Waals surface area contributed by atoms with Crippen LogP contribution in [-0.4, -0.2) is 24.0 Å². The number of benzene rings is 1. The first-order chi connectivity index (χ1) is 7.95. The van der Waals surface area contributed by atoms with Crippen LogP contribution in [0.4, 0.5) is 8.78 Å². The number of carboxylic acid groups (broad SMARTS) is 1. The Balaban J connectivity index is 3.28. The molecule has 0 aliphatic rings. The first-order valence-corrected chi connectivity index (χ1v) is 4.70. The highest BCUT2D eigenvalue weighted by molar-refractivity contribution is 5.84. The zero-order valence-electron chi connectivity index (χ0n) is 8.94. The van der Waals surface area contributed by atoms with E-state index in [0.717, 1.165) is 0 Å². The van der Waals surface area contributed by atoms with Crippen molar-refractivity contribution in [2.45, 2.75) is 20.0 Å². The van der Waals surface area contributed by atoms with Gasteiger partial charge in [-0.3, -0.25) is 9.59 Å². The van der Waals surface area contributed by atoms with Gasteiger partial charge in [0.15, 0.2) is 6.29 Å². The Hall–Kier alpha value is -1.98. The van der Waals surface area contributed by atoms with Crippen molar-refractivity contribution < 1.29 is 28.2 Å². The number of rotatable bonds is 5. The molecule has 1 rings (SSSR count). The van der Waals surface area contributed by atoms with E-state index in [-0.39, 0.29) is 16.9 Å². The molecule has 0 aromatic heterocycles. The smallest absolute Gasteiger partial charge is 0.387 e. The maximum atomic E-state index is 12.2. The predicted octanol–water partition coefficient (Wildman–Crippen LogP) is 2.04. The fourth-order valence-electron chi connectivity index (χ4n) is 1.42. The molecule has 0 amide bonds. The van der Waals surface area contributed by atoms with Crippen LogP contribution in [-0.2, 0) is 11.2 Å². The summed E-state index contributed by atoms with van der Waals surface area (Å²) in [6.45, 7) is -1.56. The van der Waals surface area contributed by atoms with Crippen molar-refractivity contribution in [2.75, 3.05) is 0 Å². The first kappa shape index (κ1) is 13.1. The summed E-state index contributed by atoms with van der Waals surface area (Å²) in [6, 6.07) is 2.84. The lowest BCUT2D eigenvalue weighted by atomic mass is 10.0. The molecule has 0 saturated carbocycles. The third-order valence-corrected chi connectivity index (χ3v) is 2.16. The largest absolute Gasteiger partial charge is 0.481 e. The molecule has 0 atom stereocenters. The first-order valence-electron chi connectivity index (χ1n) is 4.70. The summed E-state index contributed by atoms with van der Waals surface area (Å²) in [5, 5.41) is 8.63. The number of alkyl halides is 2. The van der Waals surface area contributed by atoms with E-state index in [4.69, 9.17) is 5.11 Å². The number of aryl methyl sites for hydroxylation is 1. The van der Waals surface area contributed by atoms with E-state index in [1.54, 1.807) is 6.92 Å². The normalized spacial score (nSPS) is 10.4. The van der Waals surface area contributed by atoms with E-state index in [2.05, 4.69) is 4.74 Å². The third-order valence-electron chi connectivity index (χ3n) is 2.16. The van der Waals surface area contributed by atoms with Crippen LogP contribution >= 0.6 is 0 Å². The molecule has 0 heterocycles. The van der Waals surface area contributed by atoms with Crippen molar-refractivity contribution >= 4 is 12.3 Å². The summed E-state index contributed by atoms with van der Waals surface area (Å²) < 4.78 is 28.6. The monoisotopic (exact) mass is 244 g/mol. The average molecular weight is 244 g/mol. The van der Waals surface area contributed by atoms with Gasteiger partial charge in [-0.25, -0.2) is 0 Å². The molecular formula is C11H10F2O4. The molecule has 92 valence electrons. The van der Waals surface area contributed by atoms with Crippen molar-refractivity contribution in [3.63, 3.8) is 0 Å². The van der Waals surface area contributed by atoms with E-state index in [9.17, 15) is 18.4 Å². The van der Waals surface area contributed by atoms with Gasteiger partial charge in [0, 0.05) is 5.56 Å². The van der Waals surface area contributed by atoms with Gasteiger partial charge < -0.3 is 9.84 Å². The number of aldehydes is 1. The Kier molecular flexibility index (Phi) is 4.14. The molecular weight excluding hydrogens is 234 g/mol. The quantitative estimate of drug-likeness (QED) is 0.805. The van der Waals surface area contributed by atoms with Gasteiger partial charge >= 0.3 is 12.6 Å². The molecule has 0 fully saturated rings. The second-order valence-electron chi connectivity index (χ2n) is 3.35. The highest BCUT2D eigenvalue weighted by Gasteiger charge is 2.17. The molecule has 1 aromatic rings. The Morgan fingerprint density at radius 3 is 2.65 bits per heavy atom. The van der Waals surface area contributed by atoms with Gasteiger partial charge in [0.05, 0.1) is 12.0 Å². The minimum atomic E-state index is -3.11. The van der Waals surface area contributed by atoms with Crippen molar-refractivity contribution in [3.8, 4) is 5.75 Å². The second-order valence-corrected chi connectivity index (χ2v) is 3.35. The Morgan fingerprint density at radius 2 is 2.18 bits per heavy atom. The molecule has 6 heteroatoms. The lowest BCUT2D eigenvalue weighted by molar-refractivity contribution is -0.136. The topological polar surface area (TPSA) is 63.6 Å². The minimum absolute atomic E-state index is 0.0468. The summed E-state index contributed by atoms with van der Waals surface area (Å²) in [6.07, 6.45) is -0.110. The number of aliphatic carboxylic acids is 1. The molecule has 17 heavy (non-hydrogen) atoms. The summed E-state index contributed by atoms with van der Waals surface area (Å²) in [5.74, 6) is -1.55. The van der Waals surface area contributed by atoms with Gasteiger partial charge in [0.2, 0.25) is 0 Å². The summed E-state index contributed by atoms with van der Waals surface area (Å²) in [7, 11) is 0. The highest BCUT2D eigenvalue weighted by atomic mass is 19.3. The van der Waals surface area contributed by atoms with E-state index < -0.39 is 19.0 Å². The maximum absolute atomic E-state index is 12.2. The number of carbonyl (C=O) groups excluding carboxylic acids is 1. The van der Waals surface area contributed by atoms with Crippen LogP contribution in [0.2, 0.25) is 0 Å². The molecule has 1 aromatic carbocycles. The lowest BCUT2D eigenvalue weighted by Crippen LogP contribution is -2.10. The summed E-state index contributed by atoms with van der Waals surface area (Å²) in [4.78, 5) is 21.4. The standard InChI is InChI=1S/C11H10F2O4/c1-6-2-3-7(4-9(15)16)10(8(6)5-14)17-11(12)13/h2-3,5,11H,4H2,1H3,(H,15,16). The Bertz CT molecular complexity index is 443. The predicted molar refractivity (Wildman–Crippen MR) is 54.5 cm³/mol. The third kappa shape index (κ3) is 3.24. The number of carbonyl (C=O) groups is 2. The SMILES string of the molecule is Cc1ccc(CC(=O)O)c(OC(F)F)c1C=O. The molecule has 4 nitrogen and oxygen atoms in total. The van der Waals surface area contributed by atoms with Crippen LogP contribution in [0, 0.1) is 6.92 Å². The molecule has 0 radical (unpaired) electrons. The Labute approximate surface area is 95.8 Å². The number of halogens is 2. The van der Waals surface area contributed by atoms with E-state index >= 15 is 0 Å². The van der Waals surface area contributed by atoms with E-state index in [1.165, 1.54) is 12.1 Å². The van der Waals surface area contributed by atoms with Crippen LogP contribution < -0.4 is 4.74 Å². The average Bonchev–Trinajstić information content (AvgIpc) is 2.21. The van der Waals surface area contributed by atoms with Gasteiger partial charge in [-0.05, 0) is 12.5 Å². The van der Waals surface area contributed by atoms with Crippen molar-refractivity contribution in [1.29, 1.82) is 0 Å². The number of hydrogen-bond donors (Lipinski definition) is 1. The van der Waals surface area contributed by atoms with Gasteiger partial charge in [-0.15, -0.1) is 0 Å². The van der Waals surface area contributed by atoms with Crippen LogP contribution in [0.15, 0.2) is 12.1 Å². The fourth-order valence-corrected chi connectivity index (χ4v) is 1.42. The van der Waals surface area contributed by atoms with Crippen LogP contribution in [0.1, 0.15) is 21.5 Å². The fraction of sp³-hybridized carbons (Fsp3) is 0.273. The highest BCUT2D eigenvalue weighted by Crippen LogP contribution is 2.28. The van der Waals surface area contributed by atoms with Gasteiger partial charge in [0.1, 0.15) is 5.75 Å². The summed E-state index contributed by atoms with van der Waals surface area (Å²) >= 11 is 0. The zero-order valence-corrected chi connectivity index (χ0v) is 8.94. The van der Waals surface area contributed by atoms with Crippen molar-refractivity contribution in [2.24, 2.45) is 0 Å². The van der Waals surface area contributed by atoms with Crippen LogP contribution in [0.25, 0.3) is 0 Å². The van der Waals surface area contributed by atoms with E-state index in [0.29, 0.717) is 11.8 Å². The Morgan fingerprint density at radius 1 is 1.53 bits per heavy atom. The van der Waals surface area contributed by atoms with E-state index in [1.807, 2.05) is 0 Å². The van der Waals surface area contributed by atoms with Crippen molar-refractivity contribution in [3.05, 3.63) is 28.8 Å². The minimum Gasteiger partial charge on any atom is -0.481 e. The zero-order chi connectivity index (χ0) is 13.0. The number of carboxylic acids is 1. The maximum Gasteiger partial charge on any atom is 0.387 e. The molecule has 0 bridgehead atoms. The number of hydrogen-bond acceptors (Lipinski definition) is 3.